The summed E-state index contributed by atoms with van der Waals surface area (Å²) in [5.74, 6) is 0.784. The molecule has 0 atom stereocenters. The lowest BCUT2D eigenvalue weighted by Crippen LogP contribution is -1.83. The highest BCUT2D eigenvalue weighted by atomic mass is 79.9. The largest absolute Gasteiger partial charge is 0.441 e. The topological polar surface area (TPSA) is 26.0 Å². The first-order chi connectivity index (χ1) is 8.86. The van der Waals surface area contributed by atoms with E-state index in [1.165, 1.54) is 11.1 Å². The number of hydrogen-bond donors (Lipinski definition) is 0. The minimum atomic E-state index is 0.784. The van der Waals surface area contributed by atoms with E-state index in [9.17, 15) is 0 Å². The summed E-state index contributed by atoms with van der Waals surface area (Å²) >= 11 is 3.39. The molecule has 0 aliphatic carbocycles. The fourth-order valence-electron chi connectivity index (χ4n) is 1.97. The highest BCUT2D eigenvalue weighted by Gasteiger charge is 2.06. The number of benzene rings is 2. The van der Waals surface area contributed by atoms with Crippen molar-refractivity contribution in [2.75, 3.05) is 5.33 Å². The first-order valence-electron chi connectivity index (χ1n) is 5.87. The van der Waals surface area contributed by atoms with Crippen LogP contribution in [-0.2, 0) is 6.42 Å². The molecule has 0 spiro atoms. The summed E-state index contributed by atoms with van der Waals surface area (Å²) in [6, 6.07) is 16.4. The number of aryl methyl sites for hydroxylation is 1. The molecule has 1 heterocycles. The Kier molecular flexibility index (Phi) is 3.15. The Bertz CT molecular complexity index is 661. The molecule has 0 bridgehead atoms. The molecule has 18 heavy (non-hydrogen) atoms. The zero-order chi connectivity index (χ0) is 12.4. The average Bonchev–Trinajstić information content (AvgIpc) is 2.81. The predicted octanol–water partition coefficient (Wildman–Crippen LogP) is 4.43. The van der Waals surface area contributed by atoms with E-state index in [4.69, 9.17) is 4.42 Å². The molecule has 0 aliphatic heterocycles. The first-order valence-corrected chi connectivity index (χ1v) is 7.00. The molecule has 2 aromatic carbocycles. The fourth-order valence-corrected chi connectivity index (χ4v) is 2.31. The van der Waals surface area contributed by atoms with Gasteiger partial charge in [0, 0.05) is 11.8 Å². The van der Waals surface area contributed by atoms with Crippen molar-refractivity contribution in [3.8, 4) is 11.1 Å². The molecule has 90 valence electrons. The van der Waals surface area contributed by atoms with Gasteiger partial charge in [-0.1, -0.05) is 52.3 Å². The Hall–Kier alpha value is -1.61. The van der Waals surface area contributed by atoms with Crippen molar-refractivity contribution in [3.63, 3.8) is 0 Å². The molecule has 3 rings (SSSR count). The van der Waals surface area contributed by atoms with Crippen molar-refractivity contribution in [2.24, 2.45) is 0 Å². The monoisotopic (exact) mass is 301 g/mol. The third kappa shape index (κ3) is 2.18. The molecule has 0 aliphatic rings. The van der Waals surface area contributed by atoms with Crippen LogP contribution in [0.5, 0.6) is 0 Å². The van der Waals surface area contributed by atoms with Crippen molar-refractivity contribution in [1.82, 2.24) is 4.98 Å². The van der Waals surface area contributed by atoms with Gasteiger partial charge in [0.25, 0.3) is 0 Å². The molecule has 3 heteroatoms. The molecule has 0 unspecified atom stereocenters. The second-order valence-corrected chi connectivity index (χ2v) is 4.89. The molecule has 0 saturated heterocycles. The van der Waals surface area contributed by atoms with Gasteiger partial charge in [-0.25, -0.2) is 4.98 Å². The van der Waals surface area contributed by atoms with E-state index in [2.05, 4.69) is 45.2 Å². The predicted molar refractivity (Wildman–Crippen MR) is 76.9 cm³/mol. The Balaban J connectivity index is 2.05. The Labute approximate surface area is 114 Å². The number of alkyl halides is 1. The van der Waals surface area contributed by atoms with Gasteiger partial charge in [-0.3, -0.25) is 0 Å². The molecular formula is C15H12BrNO. The van der Waals surface area contributed by atoms with Gasteiger partial charge in [-0.05, 0) is 23.3 Å². The maximum Gasteiger partial charge on any atom is 0.196 e. The number of oxazole rings is 1. The van der Waals surface area contributed by atoms with Gasteiger partial charge in [-0.15, -0.1) is 0 Å². The van der Waals surface area contributed by atoms with Crippen molar-refractivity contribution in [2.45, 2.75) is 6.42 Å². The Morgan fingerprint density at radius 2 is 1.83 bits per heavy atom. The van der Waals surface area contributed by atoms with Gasteiger partial charge in [0.15, 0.2) is 11.5 Å². The average molecular weight is 302 g/mol. The summed E-state index contributed by atoms with van der Waals surface area (Å²) in [5, 5.41) is 0.866. The lowest BCUT2D eigenvalue weighted by molar-refractivity contribution is 0.540. The smallest absolute Gasteiger partial charge is 0.196 e. The van der Waals surface area contributed by atoms with Gasteiger partial charge in [0.05, 0.1) is 0 Å². The second-order valence-electron chi connectivity index (χ2n) is 4.10. The molecule has 3 aromatic rings. The third-order valence-electron chi connectivity index (χ3n) is 2.85. The van der Waals surface area contributed by atoms with Crippen molar-refractivity contribution in [1.29, 1.82) is 0 Å². The van der Waals surface area contributed by atoms with E-state index in [0.29, 0.717) is 0 Å². The third-order valence-corrected chi connectivity index (χ3v) is 3.24. The van der Waals surface area contributed by atoms with Crippen LogP contribution in [0.25, 0.3) is 22.2 Å². The van der Waals surface area contributed by atoms with Crippen LogP contribution in [0.1, 0.15) is 5.89 Å². The minimum absolute atomic E-state index is 0.784. The standard InChI is InChI=1S/C15H12BrNO/c16-9-8-15-17-13-10-12(6-7-14(13)18-15)11-4-2-1-3-5-11/h1-7,10H,8-9H2. The van der Waals surface area contributed by atoms with Crippen LogP contribution in [0.2, 0.25) is 0 Å². The van der Waals surface area contributed by atoms with Crippen LogP contribution in [-0.4, -0.2) is 10.3 Å². The Morgan fingerprint density at radius 3 is 2.61 bits per heavy atom. The number of aromatic nitrogens is 1. The van der Waals surface area contributed by atoms with E-state index in [-0.39, 0.29) is 0 Å². The van der Waals surface area contributed by atoms with Crippen LogP contribution >= 0.6 is 15.9 Å². The first kappa shape index (κ1) is 11.5. The SMILES string of the molecule is BrCCc1nc2cc(-c3ccccc3)ccc2o1. The maximum absolute atomic E-state index is 5.66. The van der Waals surface area contributed by atoms with E-state index >= 15 is 0 Å². The highest BCUT2D eigenvalue weighted by Crippen LogP contribution is 2.24. The summed E-state index contributed by atoms with van der Waals surface area (Å²) in [6.07, 6.45) is 0.815. The van der Waals surface area contributed by atoms with Crippen molar-refractivity contribution in [3.05, 3.63) is 54.4 Å². The Morgan fingerprint density at radius 1 is 1.00 bits per heavy atom. The van der Waals surface area contributed by atoms with Crippen molar-refractivity contribution < 1.29 is 4.42 Å². The number of hydrogen-bond acceptors (Lipinski definition) is 2. The number of rotatable bonds is 3. The molecule has 1 aromatic heterocycles. The van der Waals surface area contributed by atoms with Gasteiger partial charge in [-0.2, -0.15) is 0 Å². The molecule has 2 nitrogen and oxygen atoms in total. The lowest BCUT2D eigenvalue weighted by Gasteiger charge is -1.99. The van der Waals surface area contributed by atoms with Crippen LogP contribution in [0.3, 0.4) is 0 Å². The van der Waals surface area contributed by atoms with Gasteiger partial charge in [0.1, 0.15) is 5.52 Å². The maximum atomic E-state index is 5.66. The van der Waals surface area contributed by atoms with Crippen LogP contribution in [0.15, 0.2) is 52.9 Å². The van der Waals surface area contributed by atoms with Gasteiger partial charge in [0.2, 0.25) is 0 Å². The van der Waals surface area contributed by atoms with Crippen molar-refractivity contribution >= 4 is 27.0 Å². The number of halogens is 1. The van der Waals surface area contributed by atoms with Crippen LogP contribution in [0, 0.1) is 0 Å². The zero-order valence-corrected chi connectivity index (χ0v) is 11.4. The quantitative estimate of drug-likeness (QED) is 0.669. The van der Waals surface area contributed by atoms with E-state index in [0.717, 1.165) is 28.7 Å². The number of nitrogens with zero attached hydrogens (tertiary/aromatic N) is 1. The van der Waals surface area contributed by atoms with Crippen LogP contribution < -0.4 is 0 Å². The summed E-state index contributed by atoms with van der Waals surface area (Å²) in [4.78, 5) is 4.49. The van der Waals surface area contributed by atoms with Gasteiger partial charge >= 0.3 is 0 Å². The normalized spacial score (nSPS) is 10.9. The van der Waals surface area contributed by atoms with E-state index in [1.807, 2.05) is 24.3 Å². The highest BCUT2D eigenvalue weighted by molar-refractivity contribution is 9.09. The van der Waals surface area contributed by atoms with Gasteiger partial charge < -0.3 is 4.42 Å². The summed E-state index contributed by atoms with van der Waals surface area (Å²) in [7, 11) is 0. The number of fused-ring (bicyclic) bond motifs is 1. The zero-order valence-electron chi connectivity index (χ0n) is 9.77. The molecule has 0 radical (unpaired) electrons. The minimum Gasteiger partial charge on any atom is -0.441 e. The summed E-state index contributed by atoms with van der Waals surface area (Å²) in [6.45, 7) is 0. The molecular weight excluding hydrogens is 290 g/mol. The summed E-state index contributed by atoms with van der Waals surface area (Å²) in [5.41, 5.74) is 4.14. The van der Waals surface area contributed by atoms with E-state index < -0.39 is 0 Å². The molecule has 0 N–H and O–H groups in total. The lowest BCUT2D eigenvalue weighted by atomic mass is 10.1. The fraction of sp³-hybridized carbons (Fsp3) is 0.133. The summed E-state index contributed by atoms with van der Waals surface area (Å²) < 4.78 is 5.66. The van der Waals surface area contributed by atoms with Crippen LogP contribution in [0.4, 0.5) is 0 Å². The second kappa shape index (κ2) is 4.94. The molecule has 0 saturated carbocycles. The molecule has 0 fully saturated rings. The molecule has 0 amide bonds. The van der Waals surface area contributed by atoms with E-state index in [1.54, 1.807) is 0 Å².